The second-order valence-corrected chi connectivity index (χ2v) is 5.98. The Morgan fingerprint density at radius 1 is 1.09 bits per heavy atom. The monoisotopic (exact) mass is 311 g/mol. The van der Waals surface area contributed by atoms with Crippen LogP contribution in [0.15, 0.2) is 48.5 Å². The maximum absolute atomic E-state index is 12.0. The summed E-state index contributed by atoms with van der Waals surface area (Å²) in [6.45, 7) is 6.12. The van der Waals surface area contributed by atoms with Crippen molar-refractivity contribution in [3.8, 4) is 5.75 Å². The topological polar surface area (TPSA) is 38.3 Å². The molecule has 1 amide bonds. The van der Waals surface area contributed by atoms with E-state index >= 15 is 0 Å². The molecule has 122 valence electrons. The van der Waals surface area contributed by atoms with Crippen LogP contribution in [-0.2, 0) is 11.2 Å². The number of amides is 1. The van der Waals surface area contributed by atoms with Crippen LogP contribution >= 0.6 is 0 Å². The normalized spacial score (nSPS) is 11.8. The Hall–Kier alpha value is -2.29. The number of hydrogen-bond donors (Lipinski definition) is 1. The molecule has 3 heteroatoms. The van der Waals surface area contributed by atoms with Crippen molar-refractivity contribution in [1.82, 2.24) is 5.32 Å². The average molecular weight is 311 g/mol. The standard InChI is InChI=1S/C20H25NO2/c1-15-8-7-11-19(17(15)3)23-14-20(22)21-16(2)12-13-18-9-5-4-6-10-18/h4-11,16H,12-14H2,1-3H3,(H,21,22)/t16-/m1/s1. The molecule has 1 N–H and O–H groups in total. The van der Waals surface area contributed by atoms with E-state index in [1.54, 1.807) is 0 Å². The fourth-order valence-electron chi connectivity index (χ4n) is 2.44. The Bertz CT molecular complexity index is 637. The molecule has 0 unspecified atom stereocenters. The van der Waals surface area contributed by atoms with Crippen molar-refractivity contribution in [3.05, 3.63) is 65.2 Å². The van der Waals surface area contributed by atoms with Gasteiger partial charge in [0.2, 0.25) is 0 Å². The van der Waals surface area contributed by atoms with Crippen LogP contribution in [0.5, 0.6) is 5.75 Å². The van der Waals surface area contributed by atoms with E-state index in [2.05, 4.69) is 17.4 Å². The Kier molecular flexibility index (Phi) is 6.21. The van der Waals surface area contributed by atoms with Crippen molar-refractivity contribution in [3.63, 3.8) is 0 Å². The second-order valence-electron chi connectivity index (χ2n) is 5.98. The van der Waals surface area contributed by atoms with Gasteiger partial charge in [-0.25, -0.2) is 0 Å². The summed E-state index contributed by atoms with van der Waals surface area (Å²) in [4.78, 5) is 12.0. The van der Waals surface area contributed by atoms with Crippen molar-refractivity contribution >= 4 is 5.91 Å². The summed E-state index contributed by atoms with van der Waals surface area (Å²) in [5.74, 6) is 0.698. The number of nitrogens with one attached hydrogen (secondary N) is 1. The molecular weight excluding hydrogens is 286 g/mol. The lowest BCUT2D eigenvalue weighted by Gasteiger charge is -2.15. The van der Waals surface area contributed by atoms with Crippen LogP contribution in [0.1, 0.15) is 30.0 Å². The number of ether oxygens (including phenoxy) is 1. The van der Waals surface area contributed by atoms with E-state index in [1.165, 1.54) is 11.1 Å². The molecule has 0 saturated heterocycles. The lowest BCUT2D eigenvalue weighted by Crippen LogP contribution is -2.36. The molecule has 1 atom stereocenters. The van der Waals surface area contributed by atoms with Crippen molar-refractivity contribution in [2.24, 2.45) is 0 Å². The first kappa shape index (κ1) is 17.1. The van der Waals surface area contributed by atoms with Crippen molar-refractivity contribution < 1.29 is 9.53 Å². The van der Waals surface area contributed by atoms with E-state index in [4.69, 9.17) is 4.74 Å². The minimum atomic E-state index is -0.0773. The highest BCUT2D eigenvalue weighted by atomic mass is 16.5. The molecule has 0 bridgehead atoms. The molecule has 0 fully saturated rings. The van der Waals surface area contributed by atoms with E-state index < -0.39 is 0 Å². The molecule has 0 aliphatic heterocycles. The van der Waals surface area contributed by atoms with Crippen molar-refractivity contribution in [2.75, 3.05) is 6.61 Å². The molecule has 23 heavy (non-hydrogen) atoms. The summed E-state index contributed by atoms with van der Waals surface area (Å²) < 4.78 is 5.63. The number of hydrogen-bond acceptors (Lipinski definition) is 2. The summed E-state index contributed by atoms with van der Waals surface area (Å²) in [5.41, 5.74) is 3.54. The minimum Gasteiger partial charge on any atom is -0.483 e. The van der Waals surface area contributed by atoms with Crippen LogP contribution in [0.4, 0.5) is 0 Å². The molecule has 0 aromatic heterocycles. The highest BCUT2D eigenvalue weighted by Gasteiger charge is 2.09. The Balaban J connectivity index is 1.74. The zero-order valence-corrected chi connectivity index (χ0v) is 14.1. The van der Waals surface area contributed by atoms with Gasteiger partial charge >= 0.3 is 0 Å². The van der Waals surface area contributed by atoms with Crippen molar-refractivity contribution in [1.29, 1.82) is 0 Å². The number of aryl methyl sites for hydroxylation is 2. The minimum absolute atomic E-state index is 0.0555. The molecule has 0 aliphatic rings. The molecule has 0 saturated carbocycles. The maximum Gasteiger partial charge on any atom is 0.258 e. The van der Waals surface area contributed by atoms with Crippen LogP contribution in [0.25, 0.3) is 0 Å². The summed E-state index contributed by atoms with van der Waals surface area (Å²) in [7, 11) is 0. The lowest BCUT2D eigenvalue weighted by atomic mass is 10.1. The molecule has 0 spiro atoms. The summed E-state index contributed by atoms with van der Waals surface area (Å²) in [6, 6.07) is 16.3. The van der Waals surface area contributed by atoms with Gasteiger partial charge in [0.1, 0.15) is 5.75 Å². The van der Waals surface area contributed by atoms with E-state index in [0.29, 0.717) is 0 Å². The molecule has 0 radical (unpaired) electrons. The number of carbonyl (C=O) groups excluding carboxylic acids is 1. The van der Waals surface area contributed by atoms with Gasteiger partial charge in [0.25, 0.3) is 5.91 Å². The van der Waals surface area contributed by atoms with Gasteiger partial charge in [0, 0.05) is 6.04 Å². The highest BCUT2D eigenvalue weighted by molar-refractivity contribution is 5.77. The molecule has 0 heterocycles. The van der Waals surface area contributed by atoms with E-state index in [0.717, 1.165) is 24.2 Å². The summed E-state index contributed by atoms with van der Waals surface area (Å²) in [6.07, 6.45) is 1.87. The zero-order valence-electron chi connectivity index (χ0n) is 14.1. The molecule has 3 nitrogen and oxygen atoms in total. The average Bonchev–Trinajstić information content (AvgIpc) is 2.55. The Morgan fingerprint density at radius 3 is 2.57 bits per heavy atom. The number of benzene rings is 2. The fraction of sp³-hybridized carbons (Fsp3) is 0.350. The predicted octanol–water partition coefficient (Wildman–Crippen LogP) is 3.82. The summed E-state index contributed by atoms with van der Waals surface area (Å²) in [5, 5.41) is 2.99. The smallest absolute Gasteiger partial charge is 0.258 e. The first-order chi connectivity index (χ1) is 11.1. The van der Waals surface area contributed by atoms with Gasteiger partial charge in [-0.05, 0) is 56.4 Å². The van der Waals surface area contributed by atoms with Gasteiger partial charge in [-0.15, -0.1) is 0 Å². The van der Waals surface area contributed by atoms with Gasteiger partial charge in [0.15, 0.2) is 6.61 Å². The van der Waals surface area contributed by atoms with Gasteiger partial charge < -0.3 is 10.1 Å². The van der Waals surface area contributed by atoms with Gasteiger partial charge in [-0.1, -0.05) is 42.5 Å². The van der Waals surface area contributed by atoms with Gasteiger partial charge in [0.05, 0.1) is 0 Å². The highest BCUT2D eigenvalue weighted by Crippen LogP contribution is 2.20. The Labute approximate surface area is 138 Å². The zero-order chi connectivity index (χ0) is 16.7. The van der Waals surface area contributed by atoms with Crippen LogP contribution < -0.4 is 10.1 Å². The van der Waals surface area contributed by atoms with Crippen molar-refractivity contribution in [2.45, 2.75) is 39.7 Å². The molecular formula is C20H25NO2. The van der Waals surface area contributed by atoms with E-state index in [1.807, 2.05) is 57.2 Å². The molecule has 2 rings (SSSR count). The van der Waals surface area contributed by atoms with Crippen LogP contribution in [0, 0.1) is 13.8 Å². The predicted molar refractivity (Wildman–Crippen MR) is 93.8 cm³/mol. The lowest BCUT2D eigenvalue weighted by molar-refractivity contribution is -0.123. The molecule has 2 aromatic rings. The van der Waals surface area contributed by atoms with Crippen LogP contribution in [0.3, 0.4) is 0 Å². The SMILES string of the molecule is Cc1cccc(OCC(=O)N[C@H](C)CCc2ccccc2)c1C. The van der Waals surface area contributed by atoms with Crippen LogP contribution in [0.2, 0.25) is 0 Å². The Morgan fingerprint density at radius 2 is 1.83 bits per heavy atom. The number of rotatable bonds is 7. The molecule has 0 aliphatic carbocycles. The summed E-state index contributed by atoms with van der Waals surface area (Å²) >= 11 is 0. The molecule has 2 aromatic carbocycles. The third-order valence-corrected chi connectivity index (χ3v) is 4.03. The third-order valence-electron chi connectivity index (χ3n) is 4.03. The first-order valence-electron chi connectivity index (χ1n) is 8.08. The van der Waals surface area contributed by atoms with Gasteiger partial charge in [-0.2, -0.15) is 0 Å². The second kappa shape index (κ2) is 8.37. The fourth-order valence-corrected chi connectivity index (χ4v) is 2.44. The van der Waals surface area contributed by atoms with E-state index in [9.17, 15) is 4.79 Å². The van der Waals surface area contributed by atoms with Crippen LogP contribution in [-0.4, -0.2) is 18.6 Å². The first-order valence-corrected chi connectivity index (χ1v) is 8.08. The maximum atomic E-state index is 12.0. The van der Waals surface area contributed by atoms with Gasteiger partial charge in [-0.3, -0.25) is 4.79 Å². The third kappa shape index (κ3) is 5.44. The van der Waals surface area contributed by atoms with E-state index in [-0.39, 0.29) is 18.6 Å². The number of carbonyl (C=O) groups is 1. The largest absolute Gasteiger partial charge is 0.483 e. The quantitative estimate of drug-likeness (QED) is 0.844.